The lowest BCUT2D eigenvalue weighted by molar-refractivity contribution is -0.384. The van der Waals surface area contributed by atoms with Gasteiger partial charge in [0.15, 0.2) is 6.61 Å². The molecule has 1 heterocycles. The van der Waals surface area contributed by atoms with Crippen LogP contribution in [0, 0.1) is 10.1 Å². The molecule has 8 heteroatoms. The molecular weight excluding hydrogens is 388 g/mol. The smallest absolute Gasteiger partial charge is 0.318 e. The Balaban J connectivity index is 1.45. The first-order valence-electron chi connectivity index (χ1n) is 9.09. The van der Waals surface area contributed by atoms with E-state index in [4.69, 9.17) is 9.47 Å². The van der Waals surface area contributed by atoms with E-state index in [1.165, 1.54) is 24.3 Å². The molecule has 0 aromatic heterocycles. The van der Waals surface area contributed by atoms with E-state index >= 15 is 0 Å². The van der Waals surface area contributed by atoms with Gasteiger partial charge < -0.3 is 14.8 Å². The van der Waals surface area contributed by atoms with Crippen molar-refractivity contribution in [3.8, 4) is 11.5 Å². The highest BCUT2D eigenvalue weighted by atomic mass is 16.6. The van der Waals surface area contributed by atoms with Gasteiger partial charge >= 0.3 is 5.97 Å². The van der Waals surface area contributed by atoms with Gasteiger partial charge in [0.25, 0.3) is 11.6 Å². The Morgan fingerprint density at radius 1 is 0.933 bits per heavy atom. The number of hydrogen-bond donors (Lipinski definition) is 1. The summed E-state index contributed by atoms with van der Waals surface area (Å²) in [5.41, 5.74) is 1.61. The van der Waals surface area contributed by atoms with Crippen molar-refractivity contribution in [3.63, 3.8) is 0 Å². The fourth-order valence-corrected chi connectivity index (χ4v) is 3.25. The van der Waals surface area contributed by atoms with Gasteiger partial charge in [-0.15, -0.1) is 0 Å². The van der Waals surface area contributed by atoms with Gasteiger partial charge in [-0.3, -0.25) is 19.7 Å². The number of nitrogens with zero attached hydrogens (tertiary/aromatic N) is 1. The number of non-ortho nitro benzene ring substituents is 1. The highest BCUT2D eigenvalue weighted by molar-refractivity contribution is 5.94. The van der Waals surface area contributed by atoms with Gasteiger partial charge in [-0.25, -0.2) is 0 Å². The van der Waals surface area contributed by atoms with Crippen LogP contribution in [-0.4, -0.2) is 23.4 Å². The van der Waals surface area contributed by atoms with Crippen LogP contribution in [0.3, 0.4) is 0 Å². The number of amides is 1. The number of nitro groups is 1. The van der Waals surface area contributed by atoms with Crippen LogP contribution in [0.5, 0.6) is 11.5 Å². The minimum Gasteiger partial charge on any atom is -0.457 e. The van der Waals surface area contributed by atoms with E-state index in [-0.39, 0.29) is 5.69 Å². The van der Waals surface area contributed by atoms with E-state index in [1.54, 1.807) is 36.4 Å². The molecule has 4 rings (SSSR count). The Kier molecular flexibility index (Phi) is 5.13. The third kappa shape index (κ3) is 3.83. The number of benzene rings is 3. The number of fused-ring (bicyclic) bond motifs is 2. The Labute approximate surface area is 171 Å². The molecule has 0 radical (unpaired) electrons. The summed E-state index contributed by atoms with van der Waals surface area (Å²) < 4.78 is 11.1. The summed E-state index contributed by atoms with van der Waals surface area (Å²) in [6.45, 7) is -0.489. The molecule has 0 aliphatic carbocycles. The largest absolute Gasteiger partial charge is 0.457 e. The molecule has 8 nitrogen and oxygen atoms in total. The fourth-order valence-electron chi connectivity index (χ4n) is 3.25. The number of para-hydroxylation sites is 2. The van der Waals surface area contributed by atoms with Crippen molar-refractivity contribution in [2.24, 2.45) is 0 Å². The molecule has 0 unspecified atom stereocenters. The Hall–Kier alpha value is -4.20. The zero-order chi connectivity index (χ0) is 21.1. The summed E-state index contributed by atoms with van der Waals surface area (Å²) in [5.74, 6) is -0.705. The monoisotopic (exact) mass is 404 g/mol. The van der Waals surface area contributed by atoms with Gasteiger partial charge in [-0.1, -0.05) is 36.4 Å². The number of rotatable bonds is 5. The molecule has 150 valence electrons. The van der Waals surface area contributed by atoms with E-state index in [2.05, 4.69) is 5.32 Å². The summed E-state index contributed by atoms with van der Waals surface area (Å²) in [6.07, 6.45) is 0. The number of esters is 1. The highest BCUT2D eigenvalue weighted by Gasteiger charge is 2.33. The maximum Gasteiger partial charge on any atom is 0.318 e. The molecule has 1 amide bonds. The zero-order valence-corrected chi connectivity index (χ0v) is 15.6. The number of carbonyl (C=O) groups excluding carboxylic acids is 2. The topological polar surface area (TPSA) is 108 Å². The van der Waals surface area contributed by atoms with Gasteiger partial charge in [-0.2, -0.15) is 0 Å². The first-order valence-corrected chi connectivity index (χ1v) is 9.09. The van der Waals surface area contributed by atoms with Crippen LogP contribution in [0.15, 0.2) is 72.8 Å². The zero-order valence-electron chi connectivity index (χ0n) is 15.6. The van der Waals surface area contributed by atoms with E-state index in [9.17, 15) is 19.7 Å². The SMILES string of the molecule is O=C(COC(=O)C1c2ccccc2Oc2ccccc21)Nc1ccc([N+](=O)[O-])cc1. The maximum absolute atomic E-state index is 12.9. The molecule has 0 saturated heterocycles. The molecule has 0 fully saturated rings. The first-order chi connectivity index (χ1) is 14.5. The predicted molar refractivity (Wildman–Crippen MR) is 107 cm³/mol. The molecule has 3 aromatic carbocycles. The second-order valence-electron chi connectivity index (χ2n) is 6.57. The molecule has 0 atom stereocenters. The van der Waals surface area contributed by atoms with Crippen LogP contribution in [0.1, 0.15) is 17.0 Å². The molecular formula is C22H16N2O6. The minimum atomic E-state index is -0.710. The van der Waals surface area contributed by atoms with E-state index in [1.807, 2.05) is 12.1 Å². The van der Waals surface area contributed by atoms with Crippen molar-refractivity contribution >= 4 is 23.3 Å². The lowest BCUT2D eigenvalue weighted by atomic mass is 9.88. The predicted octanol–water partition coefficient (Wildman–Crippen LogP) is 4.01. The highest BCUT2D eigenvalue weighted by Crippen LogP contribution is 2.44. The number of nitrogens with one attached hydrogen (secondary N) is 1. The average Bonchev–Trinajstić information content (AvgIpc) is 2.76. The Morgan fingerprint density at radius 3 is 2.07 bits per heavy atom. The molecule has 0 spiro atoms. The lowest BCUT2D eigenvalue weighted by Gasteiger charge is -2.26. The third-order valence-corrected chi connectivity index (χ3v) is 4.62. The third-order valence-electron chi connectivity index (χ3n) is 4.62. The van der Waals surface area contributed by atoms with Crippen molar-refractivity contribution in [3.05, 3.63) is 94.0 Å². The molecule has 0 bridgehead atoms. The summed E-state index contributed by atoms with van der Waals surface area (Å²) in [6, 6.07) is 19.7. The summed E-state index contributed by atoms with van der Waals surface area (Å²) in [7, 11) is 0. The van der Waals surface area contributed by atoms with Crippen LogP contribution in [0.25, 0.3) is 0 Å². The maximum atomic E-state index is 12.9. The second-order valence-corrected chi connectivity index (χ2v) is 6.57. The molecule has 3 aromatic rings. The average molecular weight is 404 g/mol. The number of anilines is 1. The summed E-state index contributed by atoms with van der Waals surface area (Å²) >= 11 is 0. The van der Waals surface area contributed by atoms with Crippen LogP contribution < -0.4 is 10.1 Å². The lowest BCUT2D eigenvalue weighted by Crippen LogP contribution is -2.26. The van der Waals surface area contributed by atoms with Gasteiger partial charge in [0.1, 0.15) is 17.4 Å². The van der Waals surface area contributed by atoms with Gasteiger partial charge in [-0.05, 0) is 24.3 Å². The first kappa shape index (κ1) is 19.1. The van der Waals surface area contributed by atoms with Crippen molar-refractivity contribution < 1.29 is 24.0 Å². The van der Waals surface area contributed by atoms with Crippen molar-refractivity contribution in [1.82, 2.24) is 0 Å². The van der Waals surface area contributed by atoms with Crippen LogP contribution in [0.2, 0.25) is 0 Å². The van der Waals surface area contributed by atoms with E-state index < -0.39 is 29.3 Å². The van der Waals surface area contributed by atoms with Crippen LogP contribution in [0.4, 0.5) is 11.4 Å². The molecule has 0 saturated carbocycles. The molecule has 1 aliphatic rings. The van der Waals surface area contributed by atoms with Crippen molar-refractivity contribution in [1.29, 1.82) is 0 Å². The second kappa shape index (κ2) is 8.04. The Morgan fingerprint density at radius 2 is 1.50 bits per heavy atom. The van der Waals surface area contributed by atoms with Gasteiger partial charge in [0.2, 0.25) is 0 Å². The molecule has 1 aliphatic heterocycles. The number of nitro benzene ring substituents is 1. The van der Waals surface area contributed by atoms with Crippen molar-refractivity contribution in [2.45, 2.75) is 5.92 Å². The Bertz CT molecular complexity index is 1080. The van der Waals surface area contributed by atoms with E-state index in [0.29, 0.717) is 28.3 Å². The summed E-state index contributed by atoms with van der Waals surface area (Å²) in [5, 5.41) is 13.2. The van der Waals surface area contributed by atoms with Gasteiger partial charge in [0.05, 0.1) is 4.92 Å². The molecule has 1 N–H and O–H groups in total. The molecule has 30 heavy (non-hydrogen) atoms. The standard InChI is InChI=1S/C22H16N2O6/c25-20(23-14-9-11-15(12-10-14)24(27)28)13-29-22(26)21-16-5-1-3-7-18(16)30-19-8-4-2-6-17(19)21/h1-12,21H,13H2,(H,23,25). The van der Waals surface area contributed by atoms with E-state index in [0.717, 1.165) is 0 Å². The fraction of sp³-hybridized carbons (Fsp3) is 0.0909. The summed E-state index contributed by atoms with van der Waals surface area (Å²) in [4.78, 5) is 35.2. The number of hydrogen-bond acceptors (Lipinski definition) is 6. The van der Waals surface area contributed by atoms with Crippen LogP contribution >= 0.6 is 0 Å². The quantitative estimate of drug-likeness (QED) is 0.391. The van der Waals surface area contributed by atoms with Crippen molar-refractivity contribution in [2.75, 3.05) is 11.9 Å². The minimum absolute atomic E-state index is 0.0868. The normalized spacial score (nSPS) is 12.1. The van der Waals surface area contributed by atoms with Gasteiger partial charge in [0, 0.05) is 28.9 Å². The number of ether oxygens (including phenoxy) is 2. The number of carbonyl (C=O) groups is 2. The van der Waals surface area contributed by atoms with Crippen LogP contribution in [-0.2, 0) is 14.3 Å².